The van der Waals surface area contributed by atoms with Gasteiger partial charge in [0.05, 0.1) is 5.52 Å². The summed E-state index contributed by atoms with van der Waals surface area (Å²) < 4.78 is 1.12. The van der Waals surface area contributed by atoms with Crippen LogP contribution in [0.3, 0.4) is 0 Å². The van der Waals surface area contributed by atoms with Gasteiger partial charge in [-0.05, 0) is 49.9 Å². The zero-order valence-electron chi connectivity index (χ0n) is 22.2. The van der Waals surface area contributed by atoms with Crippen molar-refractivity contribution in [2.24, 2.45) is 0 Å². The highest BCUT2D eigenvalue weighted by molar-refractivity contribution is 8.01. The number of halogens is 1. The number of hydrogen-bond acceptors (Lipinski definition) is 6. The van der Waals surface area contributed by atoms with Gasteiger partial charge in [0.15, 0.2) is 0 Å². The fourth-order valence-corrected chi connectivity index (χ4v) is 7.96. The zero-order valence-corrected chi connectivity index (χ0v) is 23.8. The van der Waals surface area contributed by atoms with Crippen LogP contribution in [0.5, 0.6) is 0 Å². The number of amides is 3. The first-order chi connectivity index (χ1) is 19.5. The van der Waals surface area contributed by atoms with Crippen LogP contribution >= 0.6 is 23.4 Å². The van der Waals surface area contributed by atoms with Gasteiger partial charge in [0.25, 0.3) is 5.91 Å². The number of benzene rings is 2. The van der Waals surface area contributed by atoms with E-state index in [1.165, 1.54) is 22.9 Å². The molecule has 3 aliphatic rings. The number of carboxylic acids is 1. The Morgan fingerprint density at radius 3 is 2.59 bits per heavy atom. The number of aromatic nitrogens is 1. The maximum Gasteiger partial charge on any atom is 0.327 e. The van der Waals surface area contributed by atoms with E-state index in [4.69, 9.17) is 11.6 Å². The van der Waals surface area contributed by atoms with Crippen LogP contribution in [-0.4, -0.2) is 60.5 Å². The summed E-state index contributed by atoms with van der Waals surface area (Å²) in [6.45, 7) is 4.13. The Bertz CT molecular complexity index is 1690. The van der Waals surface area contributed by atoms with Crippen molar-refractivity contribution in [2.45, 2.75) is 61.5 Å². The minimum absolute atomic E-state index is 0.121. The van der Waals surface area contributed by atoms with Crippen molar-refractivity contribution in [3.8, 4) is 0 Å². The van der Waals surface area contributed by atoms with Crippen molar-refractivity contribution in [1.82, 2.24) is 20.1 Å². The lowest BCUT2D eigenvalue weighted by molar-refractivity contribution is -0.161. The number of nitrogens with zero attached hydrogens (tertiary/aromatic N) is 2. The first-order valence-electron chi connectivity index (χ1n) is 13.2. The monoisotopic (exact) mass is 594 g/mol. The van der Waals surface area contributed by atoms with Crippen molar-refractivity contribution in [1.29, 1.82) is 0 Å². The maximum atomic E-state index is 13.6. The number of pyridine rings is 1. The molecule has 4 heterocycles. The second-order valence-electron chi connectivity index (χ2n) is 11.0. The third-order valence-corrected chi connectivity index (χ3v) is 9.74. The summed E-state index contributed by atoms with van der Waals surface area (Å²) in [5.41, 5.74) is 1.55. The van der Waals surface area contributed by atoms with E-state index < -0.39 is 57.4 Å². The largest absolute Gasteiger partial charge is 0.480 e. The second kappa shape index (κ2) is 9.92. The molecular formula is C29H27ClN4O6S. The zero-order chi connectivity index (χ0) is 29.2. The number of carboxylic acid groups (broad SMARTS) is 1. The maximum absolute atomic E-state index is 13.6. The predicted molar refractivity (Wildman–Crippen MR) is 154 cm³/mol. The molecule has 3 aromatic rings. The minimum atomic E-state index is -1.22. The molecule has 12 heteroatoms. The summed E-state index contributed by atoms with van der Waals surface area (Å²) in [4.78, 5) is 66.8. The van der Waals surface area contributed by atoms with E-state index in [1.54, 1.807) is 50.2 Å². The van der Waals surface area contributed by atoms with Crippen LogP contribution in [0.25, 0.3) is 10.9 Å². The molecule has 0 aliphatic carbocycles. The van der Waals surface area contributed by atoms with Crippen LogP contribution in [0.1, 0.15) is 47.8 Å². The Kier molecular flexibility index (Phi) is 6.61. The molecule has 212 valence electrons. The summed E-state index contributed by atoms with van der Waals surface area (Å²) in [5, 5.41) is 15.3. The van der Waals surface area contributed by atoms with Gasteiger partial charge < -0.3 is 25.2 Å². The van der Waals surface area contributed by atoms with E-state index in [-0.39, 0.29) is 5.56 Å². The van der Waals surface area contributed by atoms with Gasteiger partial charge in [-0.25, -0.2) is 4.79 Å². The molecule has 4 atom stereocenters. The molecule has 3 aliphatic heterocycles. The van der Waals surface area contributed by atoms with E-state index in [0.717, 1.165) is 23.9 Å². The summed E-state index contributed by atoms with van der Waals surface area (Å²) in [5.74, 6) is -2.98. The Hall–Kier alpha value is -3.83. The molecule has 6 rings (SSSR count). The van der Waals surface area contributed by atoms with Gasteiger partial charge in [-0.1, -0.05) is 41.9 Å². The van der Waals surface area contributed by atoms with Gasteiger partial charge in [-0.3, -0.25) is 19.2 Å². The highest BCUT2D eigenvalue weighted by Gasteiger charge is 2.64. The van der Waals surface area contributed by atoms with E-state index >= 15 is 0 Å². The van der Waals surface area contributed by atoms with E-state index in [0.29, 0.717) is 22.5 Å². The Labute approximate surface area is 244 Å². The van der Waals surface area contributed by atoms with Crippen molar-refractivity contribution < 1.29 is 24.3 Å². The molecule has 10 nitrogen and oxygen atoms in total. The molecule has 0 saturated carbocycles. The number of fused-ring (bicyclic) bond motifs is 1. The Morgan fingerprint density at radius 1 is 1.15 bits per heavy atom. The third-order valence-electron chi connectivity index (χ3n) is 7.95. The molecule has 41 heavy (non-hydrogen) atoms. The van der Waals surface area contributed by atoms with Crippen LogP contribution in [-0.2, 0) is 27.3 Å². The van der Waals surface area contributed by atoms with Gasteiger partial charge in [0, 0.05) is 27.9 Å². The number of β-lactam (4-membered cyclic amide) rings is 1. The van der Waals surface area contributed by atoms with Crippen molar-refractivity contribution >= 4 is 58.0 Å². The van der Waals surface area contributed by atoms with Gasteiger partial charge in [0.1, 0.15) is 29.1 Å². The standard InChI is InChI=1S/C29H27ClN4O6S/c1-29(2)23(28(39)40)34-26(38)20(27(34)41-29)32-25(37)19(14-7-4-3-5-8-14)31-24(36)18-13-33-10-6-9-15-11-16(30)12-17(21(15)33)22(18)35/h3-5,7-8,11-13,19-20,23,27H,6,9-10H2,1-2H3,(H,31,36)(H,32,37)(H,39,40). The summed E-state index contributed by atoms with van der Waals surface area (Å²) >= 11 is 7.59. The van der Waals surface area contributed by atoms with Crippen LogP contribution < -0.4 is 16.1 Å². The topological polar surface area (TPSA) is 138 Å². The van der Waals surface area contributed by atoms with Gasteiger partial charge in [-0.2, -0.15) is 0 Å². The number of aryl methyl sites for hydroxylation is 2. The van der Waals surface area contributed by atoms with Crippen LogP contribution in [0.2, 0.25) is 5.02 Å². The molecule has 0 bridgehead atoms. The number of hydrogen-bond donors (Lipinski definition) is 3. The van der Waals surface area contributed by atoms with Crippen LogP contribution in [0.15, 0.2) is 53.5 Å². The lowest BCUT2D eigenvalue weighted by atomic mass is 9.95. The van der Waals surface area contributed by atoms with E-state index in [1.807, 2.05) is 10.6 Å². The fraction of sp³-hybridized carbons (Fsp3) is 0.345. The fourth-order valence-electron chi connectivity index (χ4n) is 6.10. The van der Waals surface area contributed by atoms with Gasteiger partial charge in [-0.15, -0.1) is 11.8 Å². The average molecular weight is 595 g/mol. The molecule has 0 radical (unpaired) electrons. The van der Waals surface area contributed by atoms with Crippen LogP contribution in [0.4, 0.5) is 0 Å². The molecule has 0 spiro atoms. The summed E-state index contributed by atoms with van der Waals surface area (Å²) in [7, 11) is 0. The number of aliphatic carboxylic acids is 1. The van der Waals surface area contributed by atoms with Gasteiger partial charge in [0.2, 0.25) is 17.2 Å². The molecule has 2 aromatic carbocycles. The van der Waals surface area contributed by atoms with Gasteiger partial charge >= 0.3 is 5.97 Å². The SMILES string of the molecule is CC1(C)SC2C(NC(=O)C(NC(=O)c3cn4c5c(cc(Cl)cc5c3=O)CCC4)c3ccccc3)C(=O)N2C1C(=O)O. The Morgan fingerprint density at radius 2 is 1.88 bits per heavy atom. The molecule has 3 amide bonds. The smallest absolute Gasteiger partial charge is 0.327 e. The van der Waals surface area contributed by atoms with E-state index in [2.05, 4.69) is 10.6 Å². The molecule has 4 unspecified atom stereocenters. The quantitative estimate of drug-likeness (QED) is 0.373. The normalized spacial score (nSPS) is 23.0. The lowest BCUT2D eigenvalue weighted by Crippen LogP contribution is -2.71. The van der Waals surface area contributed by atoms with Crippen molar-refractivity contribution in [3.05, 3.63) is 80.6 Å². The van der Waals surface area contributed by atoms with Crippen LogP contribution in [0, 0.1) is 0 Å². The minimum Gasteiger partial charge on any atom is -0.480 e. The highest BCUT2D eigenvalue weighted by atomic mass is 35.5. The van der Waals surface area contributed by atoms with E-state index in [9.17, 15) is 29.1 Å². The summed E-state index contributed by atoms with van der Waals surface area (Å²) in [6, 6.07) is 8.72. The molecule has 1 aromatic heterocycles. The first-order valence-corrected chi connectivity index (χ1v) is 14.5. The molecular weight excluding hydrogens is 568 g/mol. The first kappa shape index (κ1) is 27.3. The third kappa shape index (κ3) is 4.47. The lowest BCUT2D eigenvalue weighted by Gasteiger charge is -2.44. The summed E-state index contributed by atoms with van der Waals surface area (Å²) in [6.07, 6.45) is 3.12. The van der Waals surface area contributed by atoms with Crippen molar-refractivity contribution in [2.75, 3.05) is 0 Å². The molecule has 2 fully saturated rings. The molecule has 3 N–H and O–H groups in total. The Balaban J connectivity index is 1.30. The predicted octanol–water partition coefficient (Wildman–Crippen LogP) is 2.70. The number of thioether (sulfide) groups is 1. The number of rotatable bonds is 6. The highest BCUT2D eigenvalue weighted by Crippen LogP contribution is 2.50. The number of nitrogens with one attached hydrogen (secondary N) is 2. The second-order valence-corrected chi connectivity index (χ2v) is 13.2. The van der Waals surface area contributed by atoms with Crippen molar-refractivity contribution in [3.63, 3.8) is 0 Å². The molecule has 2 saturated heterocycles. The average Bonchev–Trinajstić information content (AvgIpc) is 3.19. The number of carbonyl (C=O) groups is 4. The number of carbonyl (C=O) groups excluding carboxylic acids is 3.